The molecule has 20 heavy (non-hydrogen) atoms. The standard InChI is InChI=1S/C14H17NO4S/c16-20(17,18)15-11-6-7-13-12-5-3-1-2-4-10(12)9-19-14(13)8-11/h1-5,11,14-15H,6-9H2,(H,16,17,18). The Labute approximate surface area is 118 Å². The summed E-state index contributed by atoms with van der Waals surface area (Å²) in [6.07, 6.45) is 12.1. The second kappa shape index (κ2) is 5.29. The zero-order valence-corrected chi connectivity index (χ0v) is 11.8. The second-order valence-electron chi connectivity index (χ2n) is 5.24. The van der Waals surface area contributed by atoms with Gasteiger partial charge in [-0.25, -0.2) is 0 Å². The Hall–Kier alpha value is -1.21. The zero-order valence-electron chi connectivity index (χ0n) is 11.0. The van der Waals surface area contributed by atoms with Gasteiger partial charge in [0.1, 0.15) is 0 Å². The first kappa shape index (κ1) is 13.8. The number of fused-ring (bicyclic) bond motifs is 2. The van der Waals surface area contributed by atoms with E-state index in [4.69, 9.17) is 9.29 Å². The summed E-state index contributed by atoms with van der Waals surface area (Å²) in [4.78, 5) is 0. The fourth-order valence-electron chi connectivity index (χ4n) is 3.02. The fourth-order valence-corrected chi connectivity index (χ4v) is 3.65. The highest BCUT2D eigenvalue weighted by Crippen LogP contribution is 2.36. The Bertz CT molecular complexity index is 628. The van der Waals surface area contributed by atoms with E-state index in [2.05, 4.69) is 16.9 Å². The molecule has 108 valence electrons. The Balaban J connectivity index is 1.83. The molecule has 3 rings (SSSR count). The molecule has 0 aromatic heterocycles. The Morgan fingerprint density at radius 3 is 2.95 bits per heavy atom. The van der Waals surface area contributed by atoms with E-state index in [0.29, 0.717) is 19.4 Å². The van der Waals surface area contributed by atoms with Crippen LogP contribution in [0.25, 0.3) is 0 Å². The van der Waals surface area contributed by atoms with E-state index in [9.17, 15) is 8.42 Å². The smallest absolute Gasteiger partial charge is 0.333 e. The van der Waals surface area contributed by atoms with Crippen LogP contribution >= 0.6 is 0 Å². The topological polar surface area (TPSA) is 75.6 Å². The van der Waals surface area contributed by atoms with Crippen LogP contribution < -0.4 is 4.72 Å². The van der Waals surface area contributed by atoms with Crippen molar-refractivity contribution in [1.29, 1.82) is 0 Å². The van der Waals surface area contributed by atoms with Crippen LogP contribution in [-0.2, 0) is 15.0 Å². The predicted octanol–water partition coefficient (Wildman–Crippen LogP) is 1.68. The van der Waals surface area contributed by atoms with Crippen LogP contribution in [0.3, 0.4) is 0 Å². The lowest BCUT2D eigenvalue weighted by Gasteiger charge is -2.36. The van der Waals surface area contributed by atoms with E-state index in [1.165, 1.54) is 16.7 Å². The first-order chi connectivity index (χ1) is 9.53. The first-order valence-corrected chi connectivity index (χ1v) is 8.10. The van der Waals surface area contributed by atoms with Gasteiger partial charge in [0.25, 0.3) is 0 Å². The maximum atomic E-state index is 10.9. The molecule has 5 nitrogen and oxygen atoms in total. The van der Waals surface area contributed by atoms with Gasteiger partial charge in [-0.1, -0.05) is 30.4 Å². The lowest BCUT2D eigenvalue weighted by Crippen LogP contribution is -2.42. The van der Waals surface area contributed by atoms with Crippen LogP contribution in [-0.4, -0.2) is 31.7 Å². The van der Waals surface area contributed by atoms with Gasteiger partial charge >= 0.3 is 10.3 Å². The van der Waals surface area contributed by atoms with E-state index in [1.807, 2.05) is 18.2 Å². The Morgan fingerprint density at radius 2 is 2.15 bits per heavy atom. The molecule has 2 N–H and O–H groups in total. The number of nitrogens with one attached hydrogen (secondary N) is 1. The summed E-state index contributed by atoms with van der Waals surface area (Å²) in [6.45, 7) is 0.538. The van der Waals surface area contributed by atoms with Crippen molar-refractivity contribution in [2.75, 3.05) is 6.61 Å². The van der Waals surface area contributed by atoms with Crippen molar-refractivity contribution in [3.63, 3.8) is 0 Å². The summed E-state index contributed by atoms with van der Waals surface area (Å²) in [5, 5.41) is 0. The van der Waals surface area contributed by atoms with Gasteiger partial charge in [0.05, 0.1) is 12.7 Å². The number of rotatable bonds is 2. The van der Waals surface area contributed by atoms with E-state index in [0.717, 1.165) is 6.42 Å². The normalized spacial score (nSPS) is 29.6. The van der Waals surface area contributed by atoms with Crippen LogP contribution in [0, 0.1) is 0 Å². The van der Waals surface area contributed by atoms with Crippen molar-refractivity contribution < 1.29 is 17.7 Å². The average Bonchev–Trinajstić information content (AvgIpc) is 2.61. The van der Waals surface area contributed by atoms with Gasteiger partial charge in [-0.05, 0) is 36.0 Å². The summed E-state index contributed by atoms with van der Waals surface area (Å²) < 4.78 is 38.8. The predicted molar refractivity (Wildman–Crippen MR) is 75.5 cm³/mol. The Morgan fingerprint density at radius 1 is 1.30 bits per heavy atom. The quantitative estimate of drug-likeness (QED) is 0.760. The molecular formula is C14H17NO4S. The van der Waals surface area contributed by atoms with E-state index in [-0.39, 0.29) is 12.1 Å². The molecule has 1 heterocycles. The van der Waals surface area contributed by atoms with Crippen LogP contribution in [0.15, 0.2) is 47.1 Å². The van der Waals surface area contributed by atoms with Gasteiger partial charge < -0.3 is 4.74 Å². The summed E-state index contributed by atoms with van der Waals surface area (Å²) in [6, 6.07) is -0.266. The van der Waals surface area contributed by atoms with Crippen molar-refractivity contribution in [1.82, 2.24) is 4.72 Å². The van der Waals surface area contributed by atoms with Crippen molar-refractivity contribution in [2.24, 2.45) is 0 Å². The number of allylic oxidation sites excluding steroid dienone is 5. The summed E-state index contributed by atoms with van der Waals surface area (Å²) in [5.41, 5.74) is 3.62. The number of ether oxygens (including phenoxy) is 1. The van der Waals surface area contributed by atoms with Crippen LogP contribution in [0.1, 0.15) is 19.3 Å². The van der Waals surface area contributed by atoms with Crippen molar-refractivity contribution in [3.05, 3.63) is 47.1 Å². The highest BCUT2D eigenvalue weighted by Gasteiger charge is 2.33. The molecule has 0 aromatic carbocycles. The van der Waals surface area contributed by atoms with E-state index >= 15 is 0 Å². The lowest BCUT2D eigenvalue weighted by atomic mass is 9.82. The number of hydrogen-bond donors (Lipinski definition) is 2. The third-order valence-corrected chi connectivity index (χ3v) is 4.51. The molecule has 0 aromatic rings. The molecule has 1 aliphatic heterocycles. The fraction of sp³-hybridized carbons (Fsp3) is 0.429. The first-order valence-electron chi connectivity index (χ1n) is 6.66. The highest BCUT2D eigenvalue weighted by atomic mass is 32.2. The highest BCUT2D eigenvalue weighted by molar-refractivity contribution is 7.83. The van der Waals surface area contributed by atoms with Gasteiger partial charge in [0.2, 0.25) is 0 Å². The van der Waals surface area contributed by atoms with Crippen LogP contribution in [0.4, 0.5) is 0 Å². The van der Waals surface area contributed by atoms with Crippen LogP contribution in [0.2, 0.25) is 0 Å². The van der Waals surface area contributed by atoms with Gasteiger partial charge in [0, 0.05) is 6.04 Å². The van der Waals surface area contributed by atoms with Gasteiger partial charge in [0.15, 0.2) is 0 Å². The molecule has 3 aliphatic rings. The molecule has 6 heteroatoms. The summed E-state index contributed by atoms with van der Waals surface area (Å²) in [7, 11) is -4.15. The molecule has 2 unspecified atom stereocenters. The maximum Gasteiger partial charge on any atom is 0.333 e. The molecule has 2 aliphatic carbocycles. The third kappa shape index (κ3) is 2.93. The van der Waals surface area contributed by atoms with Gasteiger partial charge in [-0.2, -0.15) is 13.1 Å². The molecule has 1 fully saturated rings. The molecular weight excluding hydrogens is 278 g/mol. The van der Waals surface area contributed by atoms with Crippen molar-refractivity contribution in [3.8, 4) is 0 Å². The van der Waals surface area contributed by atoms with Crippen molar-refractivity contribution in [2.45, 2.75) is 31.4 Å². The van der Waals surface area contributed by atoms with Crippen molar-refractivity contribution >= 4 is 10.3 Å². The monoisotopic (exact) mass is 295 g/mol. The maximum absolute atomic E-state index is 10.9. The third-order valence-electron chi connectivity index (χ3n) is 3.88. The molecule has 2 atom stereocenters. The summed E-state index contributed by atoms with van der Waals surface area (Å²) in [5.74, 6) is 0. The van der Waals surface area contributed by atoms with Crippen LogP contribution in [0.5, 0.6) is 0 Å². The van der Waals surface area contributed by atoms with Gasteiger partial charge in [-0.15, -0.1) is 0 Å². The minimum absolute atomic E-state index is 0.0714. The summed E-state index contributed by atoms with van der Waals surface area (Å²) >= 11 is 0. The lowest BCUT2D eigenvalue weighted by molar-refractivity contribution is 0.0622. The molecule has 0 amide bonds. The largest absolute Gasteiger partial charge is 0.369 e. The number of hydrogen-bond acceptors (Lipinski definition) is 3. The molecule has 0 radical (unpaired) electrons. The molecule has 0 spiro atoms. The Kier molecular flexibility index (Phi) is 3.64. The molecule has 1 saturated carbocycles. The minimum Gasteiger partial charge on any atom is -0.369 e. The van der Waals surface area contributed by atoms with E-state index < -0.39 is 10.3 Å². The average molecular weight is 295 g/mol. The zero-order chi connectivity index (χ0) is 14.2. The van der Waals surface area contributed by atoms with Gasteiger partial charge in [-0.3, -0.25) is 4.55 Å². The molecule has 0 saturated heterocycles. The minimum atomic E-state index is -4.15. The SMILES string of the molecule is O=S(=O)(O)NC1CCC2=C3C=CC=CC=C3COC2C1. The van der Waals surface area contributed by atoms with E-state index in [1.54, 1.807) is 0 Å². The second-order valence-corrected chi connectivity index (χ2v) is 6.42. The molecule has 0 bridgehead atoms.